The minimum Gasteiger partial charge on any atom is -0.492 e. The Bertz CT molecular complexity index is 1420. The van der Waals surface area contributed by atoms with Crippen molar-refractivity contribution in [3.05, 3.63) is 53.8 Å². The van der Waals surface area contributed by atoms with Gasteiger partial charge in [-0.05, 0) is 19.1 Å². The fraction of sp³-hybridized carbons (Fsp3) is 0.286. The highest BCUT2D eigenvalue weighted by molar-refractivity contribution is 7.87. The summed E-state index contributed by atoms with van der Waals surface area (Å²) in [6.45, 7) is 1.62. The van der Waals surface area contributed by atoms with Crippen LogP contribution in [-0.2, 0) is 14.9 Å². The number of aliphatic hydroxyl groups is 2. The van der Waals surface area contributed by atoms with Crippen LogP contribution in [0, 0.1) is 23.8 Å². The molecule has 1 aliphatic heterocycles. The number of halogens is 1. The van der Waals surface area contributed by atoms with Crippen molar-refractivity contribution in [3.8, 4) is 17.6 Å². The van der Waals surface area contributed by atoms with Crippen molar-refractivity contribution in [2.45, 2.75) is 25.4 Å². The predicted octanol–water partition coefficient (Wildman–Crippen LogP) is -0.473. The van der Waals surface area contributed by atoms with Gasteiger partial charge in [0.05, 0.1) is 17.6 Å². The minimum atomic E-state index is -4.06. The Hall–Kier alpha value is -3.45. The van der Waals surface area contributed by atoms with E-state index < -0.39 is 41.0 Å². The zero-order chi connectivity index (χ0) is 25.3. The van der Waals surface area contributed by atoms with E-state index in [-0.39, 0.29) is 28.9 Å². The molecule has 0 saturated carbocycles. The molecule has 0 radical (unpaired) electrons. The summed E-state index contributed by atoms with van der Waals surface area (Å²) in [6.07, 6.45) is -1.72. The number of hydrogen-bond donors (Lipinski definition) is 5. The number of anilines is 1. The number of aliphatic hydroxyl groups excluding tert-OH is 2. The molecule has 7 N–H and O–H groups in total. The fourth-order valence-electron chi connectivity index (χ4n) is 3.61. The number of ether oxygens (including phenoxy) is 2. The highest BCUT2D eigenvalue weighted by Gasteiger charge is 2.55. The van der Waals surface area contributed by atoms with Crippen LogP contribution in [-0.4, -0.2) is 58.5 Å². The first kappa shape index (κ1) is 24.7. The van der Waals surface area contributed by atoms with Crippen molar-refractivity contribution in [2.75, 3.05) is 18.9 Å². The van der Waals surface area contributed by atoms with Crippen LogP contribution in [0.15, 0.2) is 30.7 Å². The zero-order valence-corrected chi connectivity index (χ0v) is 19.2. The van der Waals surface area contributed by atoms with Gasteiger partial charge in [0.1, 0.15) is 34.9 Å². The lowest BCUT2D eigenvalue weighted by Crippen LogP contribution is -2.37. The molecule has 0 bridgehead atoms. The molecule has 1 aliphatic rings. The topological polar surface area (TPSA) is 188 Å². The van der Waals surface area contributed by atoms with E-state index >= 15 is 0 Å². The van der Waals surface area contributed by atoms with E-state index in [1.54, 1.807) is 13.0 Å². The van der Waals surface area contributed by atoms with Crippen molar-refractivity contribution >= 4 is 27.1 Å². The third-order valence-electron chi connectivity index (χ3n) is 5.18. The Morgan fingerprint density at radius 1 is 1.34 bits per heavy atom. The first-order valence-electron chi connectivity index (χ1n) is 10.3. The fourth-order valence-corrected chi connectivity index (χ4v) is 3.95. The van der Waals surface area contributed by atoms with Gasteiger partial charge in [0.15, 0.2) is 12.6 Å². The van der Waals surface area contributed by atoms with Crippen molar-refractivity contribution < 1.29 is 32.5 Å². The smallest absolute Gasteiger partial charge is 0.293 e. The lowest BCUT2D eigenvalue weighted by Gasteiger charge is -2.12. The SMILES string of the molecule is CCOc1cccc(F)c1C#Cc1cn([C@@H]2O[C+](CNS(N)(=O)=O)[C@@H](O)C2O)c2ncnc(N)c12. The van der Waals surface area contributed by atoms with Crippen LogP contribution < -0.4 is 20.3 Å². The second-order valence-corrected chi connectivity index (χ2v) is 8.86. The molecule has 3 heterocycles. The average Bonchev–Trinajstić information content (AvgIpc) is 3.30. The van der Waals surface area contributed by atoms with Crippen molar-refractivity contribution in [1.29, 1.82) is 0 Å². The molecule has 3 aromatic rings. The summed E-state index contributed by atoms with van der Waals surface area (Å²) >= 11 is 0. The van der Waals surface area contributed by atoms with Crippen LogP contribution in [0.5, 0.6) is 5.75 Å². The largest absolute Gasteiger partial charge is 0.492 e. The molecule has 184 valence electrons. The maximum Gasteiger partial charge on any atom is 0.293 e. The van der Waals surface area contributed by atoms with E-state index in [0.29, 0.717) is 17.6 Å². The number of nitrogens with two attached hydrogens (primary N) is 2. The van der Waals surface area contributed by atoms with Gasteiger partial charge in [-0.25, -0.2) is 19.5 Å². The summed E-state index contributed by atoms with van der Waals surface area (Å²) in [7, 11) is -4.06. The van der Waals surface area contributed by atoms with E-state index in [9.17, 15) is 23.0 Å². The number of nitrogens with one attached hydrogen (secondary N) is 1. The summed E-state index contributed by atoms with van der Waals surface area (Å²) in [5.41, 5.74) is 6.61. The van der Waals surface area contributed by atoms with Gasteiger partial charge in [0, 0.05) is 6.20 Å². The number of fused-ring (bicyclic) bond motifs is 1. The average molecular weight is 506 g/mol. The van der Waals surface area contributed by atoms with Gasteiger partial charge < -0.3 is 20.7 Å². The third kappa shape index (κ3) is 5.00. The standard InChI is InChI=1S/C21H22FN6O6S/c1-2-33-14-5-3-4-13(22)12(14)7-6-11-9-28(20-16(11)19(23)25-10-26-20)21-18(30)17(29)15(34-21)8-27-35(24,31)32/h3-5,9-10,17-18,21,27,29-30H,2,8H2,1H3,(H2,23,25,26)(H2,24,31,32)/q+1/t17-,18?,21-/m1/s1. The maximum absolute atomic E-state index is 14.4. The second-order valence-electron chi connectivity index (χ2n) is 7.48. The molecule has 2 aromatic heterocycles. The molecular weight excluding hydrogens is 483 g/mol. The summed E-state index contributed by atoms with van der Waals surface area (Å²) < 4.78 is 51.3. The molecule has 1 saturated heterocycles. The minimum absolute atomic E-state index is 0.0444. The Kier molecular flexibility index (Phi) is 6.81. The van der Waals surface area contributed by atoms with Crippen LogP contribution in [0.25, 0.3) is 11.0 Å². The lowest BCUT2D eigenvalue weighted by molar-refractivity contribution is -0.0153. The third-order valence-corrected chi connectivity index (χ3v) is 5.72. The monoisotopic (exact) mass is 505 g/mol. The van der Waals surface area contributed by atoms with Gasteiger partial charge >= 0.3 is 0 Å². The van der Waals surface area contributed by atoms with Crippen molar-refractivity contribution in [3.63, 3.8) is 0 Å². The first-order chi connectivity index (χ1) is 16.6. The Morgan fingerprint density at radius 3 is 2.83 bits per heavy atom. The zero-order valence-electron chi connectivity index (χ0n) is 18.3. The van der Waals surface area contributed by atoms with Gasteiger partial charge in [-0.2, -0.15) is 17.9 Å². The van der Waals surface area contributed by atoms with Crippen LogP contribution in [0.1, 0.15) is 24.3 Å². The normalized spacial score (nSPS) is 20.1. The highest BCUT2D eigenvalue weighted by atomic mass is 32.2. The molecule has 0 spiro atoms. The van der Waals surface area contributed by atoms with E-state index in [2.05, 4.69) is 21.8 Å². The summed E-state index contributed by atoms with van der Waals surface area (Å²) in [5.74, 6) is 5.36. The molecule has 0 aliphatic carbocycles. The number of nitrogen functional groups attached to an aromatic ring is 1. The molecule has 14 heteroatoms. The lowest BCUT2D eigenvalue weighted by atomic mass is 10.1. The van der Waals surface area contributed by atoms with Crippen LogP contribution in [0.3, 0.4) is 0 Å². The van der Waals surface area contributed by atoms with E-state index in [1.807, 2.05) is 4.72 Å². The molecule has 1 unspecified atom stereocenters. The number of rotatable bonds is 6. The van der Waals surface area contributed by atoms with Crippen molar-refractivity contribution in [1.82, 2.24) is 19.3 Å². The number of benzene rings is 1. The quantitative estimate of drug-likeness (QED) is 0.218. The molecule has 12 nitrogen and oxygen atoms in total. The molecule has 1 aromatic carbocycles. The molecule has 1 fully saturated rings. The predicted molar refractivity (Wildman–Crippen MR) is 122 cm³/mol. The van der Waals surface area contributed by atoms with E-state index in [4.69, 9.17) is 20.3 Å². The van der Waals surface area contributed by atoms with Crippen molar-refractivity contribution in [2.24, 2.45) is 5.14 Å². The molecule has 35 heavy (non-hydrogen) atoms. The van der Waals surface area contributed by atoms with E-state index in [1.165, 1.54) is 29.2 Å². The summed E-state index contributed by atoms with van der Waals surface area (Å²) in [4.78, 5) is 8.16. The van der Waals surface area contributed by atoms with Gasteiger partial charge in [-0.3, -0.25) is 4.57 Å². The van der Waals surface area contributed by atoms with Crippen LogP contribution in [0.2, 0.25) is 0 Å². The molecular formula is C21H22FN6O6S+. The van der Waals surface area contributed by atoms with Crippen LogP contribution >= 0.6 is 0 Å². The molecule has 0 amide bonds. The van der Waals surface area contributed by atoms with Crippen LogP contribution in [0.4, 0.5) is 10.2 Å². The summed E-state index contributed by atoms with van der Waals surface area (Å²) in [5, 5.41) is 26.2. The van der Waals surface area contributed by atoms with Gasteiger partial charge in [-0.1, -0.05) is 17.9 Å². The van der Waals surface area contributed by atoms with Gasteiger partial charge in [-0.15, -0.1) is 0 Å². The van der Waals surface area contributed by atoms with Gasteiger partial charge in [0.25, 0.3) is 22.4 Å². The second kappa shape index (κ2) is 9.66. The Labute approximate surface area is 199 Å². The number of hydrogen-bond acceptors (Lipinski definition) is 9. The first-order valence-corrected chi connectivity index (χ1v) is 11.9. The highest BCUT2D eigenvalue weighted by Crippen LogP contribution is 2.37. The van der Waals surface area contributed by atoms with Gasteiger partial charge in [0.2, 0.25) is 6.23 Å². The van der Waals surface area contributed by atoms with E-state index in [0.717, 1.165) is 0 Å². The molecule has 3 atom stereocenters. The maximum atomic E-state index is 14.4. The molecule has 4 rings (SSSR count). The Morgan fingerprint density at radius 2 is 2.11 bits per heavy atom. The number of aromatic nitrogens is 3. The summed E-state index contributed by atoms with van der Waals surface area (Å²) in [6, 6.07) is 4.35. The number of nitrogens with zero attached hydrogens (tertiary/aromatic N) is 3. The Balaban J connectivity index is 1.75.